The van der Waals surface area contributed by atoms with E-state index in [2.05, 4.69) is 25.1 Å². The lowest BCUT2D eigenvalue weighted by atomic mass is 9.77. The van der Waals surface area contributed by atoms with Crippen molar-refractivity contribution in [3.8, 4) is 0 Å². The van der Waals surface area contributed by atoms with Gasteiger partial charge in [-0.15, -0.1) is 0 Å². The van der Waals surface area contributed by atoms with Crippen molar-refractivity contribution >= 4 is 0 Å². The quantitative estimate of drug-likeness (QED) is 0.652. The second-order valence-corrected chi connectivity index (χ2v) is 5.45. The molecule has 1 fully saturated rings. The van der Waals surface area contributed by atoms with Crippen molar-refractivity contribution in [3.63, 3.8) is 0 Å². The van der Waals surface area contributed by atoms with Crippen molar-refractivity contribution in [2.45, 2.75) is 51.6 Å². The predicted octanol–water partition coefficient (Wildman–Crippen LogP) is 5.14. The summed E-state index contributed by atoms with van der Waals surface area (Å²) in [5.41, 5.74) is 3.66. The molecule has 1 aliphatic carbocycles. The molecule has 1 saturated carbocycles. The normalized spacial score (nSPS) is 25.2. The summed E-state index contributed by atoms with van der Waals surface area (Å²) in [6.45, 7) is 4.09. The number of hydrogen-bond donors (Lipinski definition) is 0. The number of benzene rings is 1. The first-order valence-corrected chi connectivity index (χ1v) is 6.52. The van der Waals surface area contributed by atoms with Crippen LogP contribution in [0.15, 0.2) is 18.2 Å². The maximum Gasteiger partial charge on any atom is 0.391 e. The Labute approximate surface area is 106 Å². The van der Waals surface area contributed by atoms with E-state index in [0.717, 1.165) is 0 Å². The van der Waals surface area contributed by atoms with Gasteiger partial charge in [-0.05, 0) is 56.6 Å². The van der Waals surface area contributed by atoms with Crippen molar-refractivity contribution < 1.29 is 13.2 Å². The average Bonchev–Trinajstić information content (AvgIpc) is 2.28. The van der Waals surface area contributed by atoms with Crippen molar-refractivity contribution in [1.82, 2.24) is 0 Å². The van der Waals surface area contributed by atoms with Gasteiger partial charge in [0.1, 0.15) is 0 Å². The Balaban J connectivity index is 2.06. The molecule has 0 saturated heterocycles. The molecule has 100 valence electrons. The molecule has 2 rings (SSSR count). The molecule has 0 radical (unpaired) electrons. The highest BCUT2D eigenvalue weighted by atomic mass is 19.4. The van der Waals surface area contributed by atoms with Crippen LogP contribution in [0.25, 0.3) is 0 Å². The lowest BCUT2D eigenvalue weighted by molar-refractivity contribution is -0.182. The van der Waals surface area contributed by atoms with Crippen LogP contribution in [-0.4, -0.2) is 6.18 Å². The fourth-order valence-electron chi connectivity index (χ4n) is 3.02. The third-order valence-electron chi connectivity index (χ3n) is 4.06. The standard InChI is InChI=1S/C15H19F3/c1-10-3-8-14(11(2)9-10)12-4-6-13(7-5-12)15(16,17)18/h3,8-9,12-13H,4-7H2,1-2H3/t12-,13-. The molecule has 0 aromatic heterocycles. The first-order chi connectivity index (χ1) is 8.38. The van der Waals surface area contributed by atoms with Crippen molar-refractivity contribution in [1.29, 1.82) is 0 Å². The molecule has 1 aromatic rings. The van der Waals surface area contributed by atoms with Gasteiger partial charge >= 0.3 is 6.18 Å². The van der Waals surface area contributed by atoms with Gasteiger partial charge in [0.2, 0.25) is 0 Å². The summed E-state index contributed by atoms with van der Waals surface area (Å²) in [5, 5.41) is 0. The summed E-state index contributed by atoms with van der Waals surface area (Å²) in [5.74, 6) is -0.774. The number of halogens is 3. The van der Waals surface area contributed by atoms with Gasteiger partial charge in [-0.1, -0.05) is 23.8 Å². The molecule has 0 aliphatic heterocycles. The summed E-state index contributed by atoms with van der Waals surface area (Å²) in [4.78, 5) is 0. The van der Waals surface area contributed by atoms with E-state index in [1.54, 1.807) is 0 Å². The number of alkyl halides is 3. The zero-order valence-corrected chi connectivity index (χ0v) is 10.8. The average molecular weight is 256 g/mol. The van der Waals surface area contributed by atoms with Gasteiger partial charge < -0.3 is 0 Å². The summed E-state index contributed by atoms with van der Waals surface area (Å²) in [7, 11) is 0. The van der Waals surface area contributed by atoms with Crippen molar-refractivity contribution in [2.75, 3.05) is 0 Å². The summed E-state index contributed by atoms with van der Waals surface area (Å²) < 4.78 is 37.8. The fraction of sp³-hybridized carbons (Fsp3) is 0.600. The highest BCUT2D eigenvalue weighted by molar-refractivity contribution is 5.33. The minimum atomic E-state index is -4.01. The van der Waals surface area contributed by atoms with Gasteiger partial charge in [-0.2, -0.15) is 13.2 Å². The van der Waals surface area contributed by atoms with E-state index in [1.165, 1.54) is 16.7 Å². The molecule has 0 N–H and O–H groups in total. The molecule has 0 spiro atoms. The highest BCUT2D eigenvalue weighted by Crippen LogP contribution is 2.43. The molecule has 0 nitrogen and oxygen atoms in total. The van der Waals surface area contributed by atoms with Crippen LogP contribution < -0.4 is 0 Å². The molecule has 1 aromatic carbocycles. The Bertz CT molecular complexity index is 412. The van der Waals surface area contributed by atoms with E-state index in [1.807, 2.05) is 6.92 Å². The maximum absolute atomic E-state index is 12.6. The maximum atomic E-state index is 12.6. The minimum absolute atomic E-state index is 0.279. The van der Waals surface area contributed by atoms with Gasteiger partial charge in [0.05, 0.1) is 5.92 Å². The van der Waals surface area contributed by atoms with Crippen LogP contribution >= 0.6 is 0 Å². The minimum Gasteiger partial charge on any atom is -0.171 e. The van der Waals surface area contributed by atoms with Crippen LogP contribution in [0.3, 0.4) is 0 Å². The van der Waals surface area contributed by atoms with Crippen LogP contribution in [0.4, 0.5) is 13.2 Å². The van der Waals surface area contributed by atoms with Crippen LogP contribution in [-0.2, 0) is 0 Å². The Hall–Kier alpha value is -0.990. The van der Waals surface area contributed by atoms with Crippen LogP contribution in [0.2, 0.25) is 0 Å². The Morgan fingerprint density at radius 1 is 1.00 bits per heavy atom. The molecular formula is C15H19F3. The van der Waals surface area contributed by atoms with E-state index < -0.39 is 12.1 Å². The van der Waals surface area contributed by atoms with Gasteiger partial charge in [-0.3, -0.25) is 0 Å². The van der Waals surface area contributed by atoms with Crippen LogP contribution in [0.5, 0.6) is 0 Å². The lowest BCUT2D eigenvalue weighted by Crippen LogP contribution is -2.27. The molecule has 0 heterocycles. The lowest BCUT2D eigenvalue weighted by Gasteiger charge is -2.30. The van der Waals surface area contributed by atoms with Gasteiger partial charge in [0.15, 0.2) is 0 Å². The third kappa shape index (κ3) is 2.88. The van der Waals surface area contributed by atoms with Gasteiger partial charge in [0.25, 0.3) is 0 Å². The van der Waals surface area contributed by atoms with E-state index in [-0.39, 0.29) is 12.8 Å². The van der Waals surface area contributed by atoms with E-state index in [0.29, 0.717) is 18.8 Å². The topological polar surface area (TPSA) is 0 Å². The molecule has 0 bridgehead atoms. The Kier molecular flexibility index (Phi) is 3.69. The molecule has 3 heteroatoms. The molecule has 1 aliphatic rings. The highest BCUT2D eigenvalue weighted by Gasteiger charge is 2.41. The second kappa shape index (κ2) is 4.94. The van der Waals surface area contributed by atoms with E-state index in [9.17, 15) is 13.2 Å². The number of aryl methyl sites for hydroxylation is 2. The Morgan fingerprint density at radius 2 is 1.61 bits per heavy atom. The van der Waals surface area contributed by atoms with Crippen LogP contribution in [0.1, 0.15) is 48.3 Å². The zero-order chi connectivity index (χ0) is 13.3. The van der Waals surface area contributed by atoms with Crippen LogP contribution in [0, 0.1) is 19.8 Å². The Morgan fingerprint density at radius 3 is 2.11 bits per heavy atom. The molecule has 0 atom stereocenters. The van der Waals surface area contributed by atoms with Gasteiger partial charge in [0, 0.05) is 0 Å². The molecule has 0 unspecified atom stereocenters. The summed E-state index contributed by atoms with van der Waals surface area (Å²) >= 11 is 0. The smallest absolute Gasteiger partial charge is 0.171 e. The fourth-order valence-corrected chi connectivity index (χ4v) is 3.02. The van der Waals surface area contributed by atoms with Crippen molar-refractivity contribution in [2.24, 2.45) is 5.92 Å². The summed E-state index contributed by atoms with van der Waals surface area (Å²) in [6.07, 6.45) is -2.13. The number of rotatable bonds is 1. The predicted molar refractivity (Wildman–Crippen MR) is 66.7 cm³/mol. The zero-order valence-electron chi connectivity index (χ0n) is 10.8. The van der Waals surface area contributed by atoms with E-state index in [4.69, 9.17) is 0 Å². The molecular weight excluding hydrogens is 237 g/mol. The summed E-state index contributed by atoms with van der Waals surface area (Å²) in [6, 6.07) is 6.26. The largest absolute Gasteiger partial charge is 0.391 e. The van der Waals surface area contributed by atoms with Crippen molar-refractivity contribution in [3.05, 3.63) is 34.9 Å². The second-order valence-electron chi connectivity index (χ2n) is 5.45. The monoisotopic (exact) mass is 256 g/mol. The van der Waals surface area contributed by atoms with Gasteiger partial charge in [-0.25, -0.2) is 0 Å². The molecule has 0 amide bonds. The third-order valence-corrected chi connectivity index (χ3v) is 4.06. The SMILES string of the molecule is Cc1ccc([C@H]2CC[C@H](C(F)(F)F)CC2)c(C)c1. The molecule has 18 heavy (non-hydrogen) atoms. The van der Waals surface area contributed by atoms with E-state index >= 15 is 0 Å². The first kappa shape index (κ1) is 13.4. The number of hydrogen-bond acceptors (Lipinski definition) is 0. The first-order valence-electron chi connectivity index (χ1n) is 6.52.